The summed E-state index contributed by atoms with van der Waals surface area (Å²) in [5.74, 6) is -0.236. The van der Waals surface area contributed by atoms with E-state index in [1.54, 1.807) is 24.3 Å². The number of benzene rings is 3. The van der Waals surface area contributed by atoms with Crippen molar-refractivity contribution in [2.24, 2.45) is 0 Å². The number of rotatable bonds is 7. The van der Waals surface area contributed by atoms with Crippen LogP contribution in [0.2, 0.25) is 0 Å². The number of carbonyl (C=O) groups is 2. The predicted molar refractivity (Wildman–Crippen MR) is 137 cm³/mol. The van der Waals surface area contributed by atoms with Crippen molar-refractivity contribution in [3.05, 3.63) is 78.9 Å². The average Bonchev–Trinajstić information content (AvgIpc) is 2.76. The van der Waals surface area contributed by atoms with E-state index < -0.39 is 0 Å². The second-order valence-electron chi connectivity index (χ2n) is 6.98. The van der Waals surface area contributed by atoms with Gasteiger partial charge < -0.3 is 21.3 Å². The summed E-state index contributed by atoms with van der Waals surface area (Å²) in [6.07, 6.45) is 0. The number of hydrogen-bond donors (Lipinski definition) is 4. The van der Waals surface area contributed by atoms with Crippen molar-refractivity contribution in [3.8, 4) is 0 Å². The second kappa shape index (κ2) is 11.3. The molecule has 0 aromatic heterocycles. The highest BCUT2D eigenvalue weighted by Gasteiger charge is 2.15. The summed E-state index contributed by atoms with van der Waals surface area (Å²) < 4.78 is 0. The first kappa shape index (κ1) is 23.3. The van der Waals surface area contributed by atoms with E-state index in [4.69, 9.17) is 12.2 Å². The van der Waals surface area contributed by atoms with Crippen molar-refractivity contribution in [1.29, 1.82) is 0 Å². The molecule has 0 bridgehead atoms. The second-order valence-corrected chi connectivity index (χ2v) is 8.80. The molecule has 3 aromatic rings. The van der Waals surface area contributed by atoms with Gasteiger partial charge in [0.15, 0.2) is 5.11 Å². The highest BCUT2D eigenvalue weighted by molar-refractivity contribution is 8.00. The summed E-state index contributed by atoms with van der Waals surface area (Å²) in [6.45, 7) is 3.31. The first-order valence-corrected chi connectivity index (χ1v) is 11.3. The third kappa shape index (κ3) is 7.40. The van der Waals surface area contributed by atoms with E-state index in [-0.39, 0.29) is 17.1 Å². The predicted octanol–water partition coefficient (Wildman–Crippen LogP) is 5.57. The minimum atomic E-state index is -0.287. The van der Waals surface area contributed by atoms with Crippen LogP contribution >= 0.6 is 24.0 Å². The van der Waals surface area contributed by atoms with Gasteiger partial charge in [0.05, 0.1) is 5.25 Å². The fraction of sp³-hybridized carbons (Fsp3) is 0.125. The Kier molecular flexibility index (Phi) is 8.24. The molecule has 3 aromatic carbocycles. The van der Waals surface area contributed by atoms with Crippen LogP contribution in [0.1, 0.15) is 13.8 Å². The lowest BCUT2D eigenvalue weighted by molar-refractivity contribution is -0.115. The molecule has 0 fully saturated rings. The number of thiocarbonyl (C=S) groups is 1. The van der Waals surface area contributed by atoms with Gasteiger partial charge in [-0.3, -0.25) is 9.59 Å². The molecule has 4 N–H and O–H groups in total. The molecule has 8 heteroatoms. The third-order valence-corrected chi connectivity index (χ3v) is 5.61. The summed E-state index contributed by atoms with van der Waals surface area (Å²) in [7, 11) is 0. The van der Waals surface area contributed by atoms with E-state index in [0.29, 0.717) is 16.5 Å². The zero-order chi connectivity index (χ0) is 22.9. The number of nitrogens with one attached hydrogen (secondary N) is 4. The molecule has 0 saturated heterocycles. The monoisotopic (exact) mass is 464 g/mol. The molecule has 6 nitrogen and oxygen atoms in total. The smallest absolute Gasteiger partial charge is 0.237 e. The topological polar surface area (TPSA) is 82.3 Å². The summed E-state index contributed by atoms with van der Waals surface area (Å²) >= 11 is 6.81. The number of carbonyl (C=O) groups excluding carboxylic acids is 2. The lowest BCUT2D eigenvalue weighted by atomic mass is 10.2. The summed E-state index contributed by atoms with van der Waals surface area (Å²) in [5, 5.41) is 12.1. The molecular formula is C24H24N4O2S2. The van der Waals surface area contributed by atoms with Crippen LogP contribution in [0, 0.1) is 0 Å². The zero-order valence-electron chi connectivity index (χ0n) is 17.7. The number of para-hydroxylation sites is 1. The molecule has 0 aliphatic carbocycles. The number of hydrogen-bond acceptors (Lipinski definition) is 4. The molecule has 0 spiro atoms. The quantitative estimate of drug-likeness (QED) is 0.270. The van der Waals surface area contributed by atoms with Gasteiger partial charge in [0, 0.05) is 34.6 Å². The SMILES string of the molecule is CC(=O)Nc1ccc(NC(=O)[C@@H](C)Sc2ccc(NC(=S)Nc3ccccc3)cc2)cc1. The molecule has 0 heterocycles. The summed E-state index contributed by atoms with van der Waals surface area (Å²) in [6, 6.07) is 24.5. The highest BCUT2D eigenvalue weighted by atomic mass is 32.2. The van der Waals surface area contributed by atoms with Crippen LogP contribution < -0.4 is 21.3 Å². The van der Waals surface area contributed by atoms with Gasteiger partial charge >= 0.3 is 0 Å². The van der Waals surface area contributed by atoms with Crippen LogP contribution in [0.4, 0.5) is 22.7 Å². The van der Waals surface area contributed by atoms with E-state index in [9.17, 15) is 9.59 Å². The first-order chi connectivity index (χ1) is 15.4. The van der Waals surface area contributed by atoms with Crippen molar-refractivity contribution in [2.75, 3.05) is 21.3 Å². The molecular weight excluding hydrogens is 440 g/mol. The largest absolute Gasteiger partial charge is 0.332 e. The maximum absolute atomic E-state index is 12.5. The number of amides is 2. The zero-order valence-corrected chi connectivity index (χ0v) is 19.3. The summed E-state index contributed by atoms with van der Waals surface area (Å²) in [4.78, 5) is 24.6. The van der Waals surface area contributed by atoms with E-state index >= 15 is 0 Å². The van der Waals surface area contributed by atoms with Crippen molar-refractivity contribution in [3.63, 3.8) is 0 Å². The Morgan fingerprint density at radius 3 is 1.75 bits per heavy atom. The van der Waals surface area contributed by atoms with Crippen molar-refractivity contribution in [1.82, 2.24) is 0 Å². The molecule has 0 radical (unpaired) electrons. The lowest BCUT2D eigenvalue weighted by Crippen LogP contribution is -2.22. The Balaban J connectivity index is 1.49. The fourth-order valence-electron chi connectivity index (χ4n) is 2.77. The molecule has 1 atom stereocenters. The van der Waals surface area contributed by atoms with E-state index in [2.05, 4.69) is 21.3 Å². The molecule has 2 amide bonds. The molecule has 164 valence electrons. The number of anilines is 4. The van der Waals surface area contributed by atoms with Crippen molar-refractivity contribution >= 4 is 63.7 Å². The molecule has 0 aliphatic rings. The van der Waals surface area contributed by atoms with Crippen molar-refractivity contribution in [2.45, 2.75) is 24.0 Å². The average molecular weight is 465 g/mol. The standard InChI is InChI=1S/C24H24N4O2S2/c1-16(23(30)26-20-10-8-19(9-11-20)25-17(2)29)32-22-14-12-21(13-15-22)28-24(31)27-18-6-4-3-5-7-18/h3-16H,1-2H3,(H,25,29)(H,26,30)(H2,27,28,31)/t16-/m1/s1. The van der Waals surface area contributed by atoms with Gasteiger partial charge in [0.25, 0.3) is 0 Å². The van der Waals surface area contributed by atoms with Gasteiger partial charge in [-0.05, 0) is 79.8 Å². The highest BCUT2D eigenvalue weighted by Crippen LogP contribution is 2.26. The minimum absolute atomic E-state index is 0.0993. The van der Waals surface area contributed by atoms with Gasteiger partial charge in [0.2, 0.25) is 11.8 Å². The van der Waals surface area contributed by atoms with Crippen molar-refractivity contribution < 1.29 is 9.59 Å². The van der Waals surface area contributed by atoms with E-state index in [1.165, 1.54) is 18.7 Å². The van der Waals surface area contributed by atoms with E-state index in [1.807, 2.05) is 61.5 Å². The molecule has 0 unspecified atom stereocenters. The van der Waals surface area contributed by atoms with E-state index in [0.717, 1.165) is 16.3 Å². The maximum atomic E-state index is 12.5. The van der Waals surface area contributed by atoms with Crippen LogP contribution in [-0.4, -0.2) is 22.2 Å². The Labute approximate surface area is 197 Å². The van der Waals surface area contributed by atoms with Crippen LogP contribution in [0.5, 0.6) is 0 Å². The Bertz CT molecular complexity index is 1070. The number of thioether (sulfide) groups is 1. The van der Waals surface area contributed by atoms with Crippen LogP contribution in [0.15, 0.2) is 83.8 Å². The Morgan fingerprint density at radius 2 is 1.19 bits per heavy atom. The lowest BCUT2D eigenvalue weighted by Gasteiger charge is -2.14. The minimum Gasteiger partial charge on any atom is -0.332 e. The van der Waals surface area contributed by atoms with Crippen LogP contribution in [-0.2, 0) is 9.59 Å². The third-order valence-electron chi connectivity index (χ3n) is 4.30. The van der Waals surface area contributed by atoms with Crippen LogP contribution in [0.3, 0.4) is 0 Å². The Morgan fingerprint density at radius 1 is 0.719 bits per heavy atom. The first-order valence-electron chi connectivity index (χ1n) is 9.97. The van der Waals surface area contributed by atoms with Crippen LogP contribution in [0.25, 0.3) is 0 Å². The normalized spacial score (nSPS) is 11.2. The Hall–Kier alpha value is -3.36. The molecule has 3 rings (SSSR count). The van der Waals surface area contributed by atoms with Gasteiger partial charge in [0.1, 0.15) is 0 Å². The van der Waals surface area contributed by atoms with Gasteiger partial charge in [-0.2, -0.15) is 0 Å². The summed E-state index contributed by atoms with van der Waals surface area (Å²) in [5.41, 5.74) is 3.14. The molecule has 0 aliphatic heterocycles. The molecule has 32 heavy (non-hydrogen) atoms. The van der Waals surface area contributed by atoms with Gasteiger partial charge in [-0.1, -0.05) is 18.2 Å². The maximum Gasteiger partial charge on any atom is 0.237 e. The molecule has 0 saturated carbocycles. The van der Waals surface area contributed by atoms with Gasteiger partial charge in [-0.15, -0.1) is 11.8 Å². The fourth-order valence-corrected chi connectivity index (χ4v) is 3.88. The van der Waals surface area contributed by atoms with Gasteiger partial charge in [-0.25, -0.2) is 0 Å².